The van der Waals surface area contributed by atoms with Crippen LogP contribution in [0.15, 0.2) is 126 Å². The van der Waals surface area contributed by atoms with Crippen molar-refractivity contribution in [2.45, 2.75) is 0 Å². The van der Waals surface area contributed by atoms with Gasteiger partial charge in [-0.1, -0.05) is 78.9 Å². The third-order valence-electron chi connectivity index (χ3n) is 6.63. The average Bonchev–Trinajstić information content (AvgIpc) is 3.47. The molecule has 0 aliphatic heterocycles. The van der Waals surface area contributed by atoms with Crippen LogP contribution in [-0.4, -0.2) is 20.4 Å². The summed E-state index contributed by atoms with van der Waals surface area (Å²) in [7, 11) is 0. The Labute approximate surface area is 213 Å². The van der Waals surface area contributed by atoms with Crippen LogP contribution in [0.25, 0.3) is 66.8 Å². The van der Waals surface area contributed by atoms with Crippen LogP contribution in [0.1, 0.15) is 0 Å². The van der Waals surface area contributed by atoms with E-state index in [0.29, 0.717) is 11.8 Å². The number of nitrogens with zero attached hydrogens (tertiary/aromatic N) is 4. The third-order valence-corrected chi connectivity index (χ3v) is 6.63. The van der Waals surface area contributed by atoms with Crippen molar-refractivity contribution in [1.29, 1.82) is 0 Å². The molecule has 7 rings (SSSR count). The standard InChI is InChI=1S/C32H20N4O/c1-2-9-22(10-3-1)31-35-36-32(37-31)23-18-16-21(17-19-23)29-24-11-4-6-13-26(24)30(28-15-8-20-33-34-28)27-14-7-5-12-25(27)29/h1-20H. The van der Waals surface area contributed by atoms with E-state index in [-0.39, 0.29) is 0 Å². The molecule has 0 aliphatic rings. The van der Waals surface area contributed by atoms with Gasteiger partial charge < -0.3 is 4.42 Å². The molecular weight excluding hydrogens is 456 g/mol. The Hall–Kier alpha value is -5.16. The number of aromatic nitrogens is 4. The van der Waals surface area contributed by atoms with Gasteiger partial charge in [-0.2, -0.15) is 10.2 Å². The van der Waals surface area contributed by atoms with Crippen LogP contribution < -0.4 is 0 Å². The Balaban J connectivity index is 1.38. The largest absolute Gasteiger partial charge is 0.416 e. The predicted molar refractivity (Wildman–Crippen MR) is 147 cm³/mol. The van der Waals surface area contributed by atoms with Crippen LogP contribution in [0, 0.1) is 0 Å². The Morgan fingerprint density at radius 2 is 0.919 bits per heavy atom. The van der Waals surface area contributed by atoms with Crippen LogP contribution in [-0.2, 0) is 0 Å². The van der Waals surface area contributed by atoms with Crippen molar-refractivity contribution in [3.8, 4) is 45.3 Å². The van der Waals surface area contributed by atoms with E-state index < -0.39 is 0 Å². The number of hydrogen-bond acceptors (Lipinski definition) is 5. The van der Waals surface area contributed by atoms with Gasteiger partial charge in [-0.25, -0.2) is 0 Å². The second-order valence-electron chi connectivity index (χ2n) is 8.81. The van der Waals surface area contributed by atoms with E-state index in [1.165, 1.54) is 16.3 Å². The van der Waals surface area contributed by atoms with Crippen molar-refractivity contribution in [3.05, 3.63) is 121 Å². The second kappa shape index (κ2) is 8.81. The van der Waals surface area contributed by atoms with E-state index >= 15 is 0 Å². The highest BCUT2D eigenvalue weighted by molar-refractivity contribution is 6.21. The van der Waals surface area contributed by atoms with Crippen molar-refractivity contribution < 1.29 is 4.42 Å². The zero-order chi connectivity index (χ0) is 24.6. The summed E-state index contributed by atoms with van der Waals surface area (Å²) in [6.45, 7) is 0. The van der Waals surface area contributed by atoms with E-state index in [0.717, 1.165) is 38.7 Å². The topological polar surface area (TPSA) is 64.7 Å². The lowest BCUT2D eigenvalue weighted by atomic mass is 9.87. The maximum absolute atomic E-state index is 5.97. The fourth-order valence-electron chi connectivity index (χ4n) is 4.97. The molecule has 0 saturated carbocycles. The maximum atomic E-state index is 5.97. The van der Waals surface area contributed by atoms with Crippen molar-refractivity contribution in [3.63, 3.8) is 0 Å². The molecule has 5 nitrogen and oxygen atoms in total. The van der Waals surface area contributed by atoms with Crippen molar-refractivity contribution in [2.75, 3.05) is 0 Å². The molecular formula is C32H20N4O. The molecule has 37 heavy (non-hydrogen) atoms. The fourth-order valence-corrected chi connectivity index (χ4v) is 4.97. The molecule has 0 amide bonds. The number of fused-ring (bicyclic) bond motifs is 2. The molecule has 0 atom stereocenters. The van der Waals surface area contributed by atoms with Crippen LogP contribution in [0.3, 0.4) is 0 Å². The summed E-state index contributed by atoms with van der Waals surface area (Å²) in [6, 6.07) is 39.1. The number of benzene rings is 5. The summed E-state index contributed by atoms with van der Waals surface area (Å²) in [5, 5.41) is 21.7. The molecule has 0 unspecified atom stereocenters. The van der Waals surface area contributed by atoms with Crippen LogP contribution in [0.4, 0.5) is 0 Å². The first-order valence-corrected chi connectivity index (χ1v) is 12.1. The van der Waals surface area contributed by atoms with Gasteiger partial charge in [0.25, 0.3) is 0 Å². The number of hydrogen-bond donors (Lipinski definition) is 0. The first kappa shape index (κ1) is 21.1. The first-order chi connectivity index (χ1) is 18.4. The Morgan fingerprint density at radius 1 is 0.405 bits per heavy atom. The number of rotatable bonds is 4. The minimum absolute atomic E-state index is 0.498. The quantitative estimate of drug-likeness (QED) is 0.242. The molecule has 0 saturated heterocycles. The second-order valence-corrected chi connectivity index (χ2v) is 8.81. The van der Waals surface area contributed by atoms with Gasteiger partial charge >= 0.3 is 0 Å². The van der Waals surface area contributed by atoms with E-state index in [1.807, 2.05) is 54.6 Å². The van der Waals surface area contributed by atoms with E-state index in [9.17, 15) is 0 Å². The minimum Gasteiger partial charge on any atom is -0.416 e. The van der Waals surface area contributed by atoms with Crippen LogP contribution >= 0.6 is 0 Å². The van der Waals surface area contributed by atoms with Gasteiger partial charge in [0.2, 0.25) is 11.8 Å². The molecule has 2 heterocycles. The van der Waals surface area contributed by atoms with Gasteiger partial charge in [0.05, 0.1) is 5.69 Å². The zero-order valence-electron chi connectivity index (χ0n) is 19.7. The van der Waals surface area contributed by atoms with Gasteiger partial charge in [-0.05, 0) is 69.1 Å². The lowest BCUT2D eigenvalue weighted by Gasteiger charge is -2.17. The molecule has 0 N–H and O–H groups in total. The smallest absolute Gasteiger partial charge is 0.248 e. The minimum atomic E-state index is 0.498. The molecule has 0 fully saturated rings. The average molecular weight is 477 g/mol. The maximum Gasteiger partial charge on any atom is 0.248 e. The summed E-state index contributed by atoms with van der Waals surface area (Å²) in [6.07, 6.45) is 1.70. The van der Waals surface area contributed by atoms with Gasteiger partial charge in [0.1, 0.15) is 0 Å². The molecule has 2 aromatic heterocycles. The van der Waals surface area contributed by atoms with E-state index in [4.69, 9.17) is 4.42 Å². The molecule has 0 radical (unpaired) electrons. The van der Waals surface area contributed by atoms with Crippen molar-refractivity contribution in [2.24, 2.45) is 0 Å². The Bertz CT molecular complexity index is 1800. The Kier molecular flexibility index (Phi) is 5.03. The van der Waals surface area contributed by atoms with Crippen LogP contribution in [0.5, 0.6) is 0 Å². The highest BCUT2D eigenvalue weighted by atomic mass is 16.4. The van der Waals surface area contributed by atoms with Gasteiger partial charge in [0.15, 0.2) is 0 Å². The molecule has 5 heteroatoms. The molecule has 0 spiro atoms. The highest BCUT2D eigenvalue weighted by Crippen LogP contribution is 2.43. The summed E-state index contributed by atoms with van der Waals surface area (Å²) in [5.74, 6) is 1.01. The molecule has 0 aliphatic carbocycles. The summed E-state index contributed by atoms with van der Waals surface area (Å²) < 4.78 is 5.97. The lowest BCUT2D eigenvalue weighted by Crippen LogP contribution is -1.93. The molecule has 174 valence electrons. The lowest BCUT2D eigenvalue weighted by molar-refractivity contribution is 0.584. The van der Waals surface area contributed by atoms with E-state index in [1.54, 1.807) is 6.20 Å². The SMILES string of the molecule is c1ccc(-c2nnc(-c3ccc(-c4c5ccccc5c(-c5cccnn5)c5ccccc45)cc3)o2)cc1. The van der Waals surface area contributed by atoms with E-state index in [2.05, 4.69) is 81.1 Å². The molecule has 0 bridgehead atoms. The summed E-state index contributed by atoms with van der Waals surface area (Å²) >= 11 is 0. The first-order valence-electron chi connectivity index (χ1n) is 12.1. The van der Waals surface area contributed by atoms with Gasteiger partial charge in [-0.3, -0.25) is 0 Å². The normalized spacial score (nSPS) is 11.2. The zero-order valence-corrected chi connectivity index (χ0v) is 19.7. The van der Waals surface area contributed by atoms with Crippen molar-refractivity contribution >= 4 is 21.5 Å². The van der Waals surface area contributed by atoms with Crippen LogP contribution in [0.2, 0.25) is 0 Å². The summed E-state index contributed by atoms with van der Waals surface area (Å²) in [5.41, 5.74) is 6.04. The third kappa shape index (κ3) is 3.65. The highest BCUT2D eigenvalue weighted by Gasteiger charge is 2.17. The molecule has 7 aromatic rings. The summed E-state index contributed by atoms with van der Waals surface area (Å²) in [4.78, 5) is 0. The van der Waals surface area contributed by atoms with Gasteiger partial charge in [-0.15, -0.1) is 10.2 Å². The molecule has 5 aromatic carbocycles. The monoisotopic (exact) mass is 476 g/mol. The van der Waals surface area contributed by atoms with Crippen molar-refractivity contribution in [1.82, 2.24) is 20.4 Å². The Morgan fingerprint density at radius 3 is 1.49 bits per heavy atom. The predicted octanol–water partition coefficient (Wildman–Crippen LogP) is 7.83. The fraction of sp³-hybridized carbons (Fsp3) is 0. The van der Waals surface area contributed by atoms with Gasteiger partial charge in [0, 0.05) is 22.9 Å².